The zero-order valence-corrected chi connectivity index (χ0v) is 7.30. The first-order valence-electron chi connectivity index (χ1n) is 4.40. The number of allylic oxidation sites excluding steroid dienone is 1. The Morgan fingerprint density at radius 3 is 3.00 bits per heavy atom. The van der Waals surface area contributed by atoms with Crippen molar-refractivity contribution >= 4 is 5.70 Å². The maximum Gasteiger partial charge on any atom is 0.0373 e. The first-order chi connectivity index (χ1) is 5.92. The zero-order chi connectivity index (χ0) is 8.39. The maximum atomic E-state index is 3.39. The van der Waals surface area contributed by atoms with E-state index in [1.54, 1.807) is 0 Å². The van der Waals surface area contributed by atoms with Crippen LogP contribution in [0.3, 0.4) is 0 Å². The Hall–Kier alpha value is -1.24. The molecule has 0 aromatic heterocycles. The molecule has 0 bridgehead atoms. The van der Waals surface area contributed by atoms with Crippen LogP contribution in [0.5, 0.6) is 0 Å². The monoisotopic (exact) mass is 159 g/mol. The third kappa shape index (κ3) is 1.11. The van der Waals surface area contributed by atoms with Crippen LogP contribution < -0.4 is 5.32 Å². The van der Waals surface area contributed by atoms with Crippen LogP contribution in [-0.2, 0) is 6.42 Å². The number of nitrogens with one attached hydrogen (secondary N) is 1. The SMILES string of the molecule is C/C=C1/NCCc2ccccc21. The number of rotatable bonds is 0. The van der Waals surface area contributed by atoms with Crippen molar-refractivity contribution in [2.24, 2.45) is 0 Å². The van der Waals surface area contributed by atoms with Gasteiger partial charge in [-0.3, -0.25) is 0 Å². The summed E-state index contributed by atoms with van der Waals surface area (Å²) in [6, 6.07) is 8.59. The Bertz CT molecular complexity index is 313. The van der Waals surface area contributed by atoms with Crippen LogP contribution in [0.15, 0.2) is 30.3 Å². The Morgan fingerprint density at radius 2 is 2.17 bits per heavy atom. The molecular formula is C11H13N. The molecule has 0 fully saturated rings. The van der Waals surface area contributed by atoms with Crippen LogP contribution in [0.25, 0.3) is 5.70 Å². The van der Waals surface area contributed by atoms with Crippen molar-refractivity contribution in [1.82, 2.24) is 5.32 Å². The molecule has 0 saturated carbocycles. The lowest BCUT2D eigenvalue weighted by Gasteiger charge is -2.20. The summed E-state index contributed by atoms with van der Waals surface area (Å²) in [5.74, 6) is 0. The largest absolute Gasteiger partial charge is 0.384 e. The third-order valence-electron chi connectivity index (χ3n) is 2.31. The molecule has 1 aliphatic rings. The fourth-order valence-electron chi connectivity index (χ4n) is 1.69. The predicted octanol–water partition coefficient (Wildman–Crippen LogP) is 2.19. The summed E-state index contributed by atoms with van der Waals surface area (Å²) in [5, 5.41) is 3.39. The van der Waals surface area contributed by atoms with Gasteiger partial charge in [0.2, 0.25) is 0 Å². The van der Waals surface area contributed by atoms with Gasteiger partial charge in [-0.05, 0) is 18.9 Å². The molecule has 0 radical (unpaired) electrons. The minimum atomic E-state index is 1.07. The van der Waals surface area contributed by atoms with Crippen molar-refractivity contribution in [3.8, 4) is 0 Å². The molecule has 62 valence electrons. The molecule has 1 nitrogen and oxygen atoms in total. The standard InChI is InChI=1S/C11H13N/c1-2-11-10-6-4-3-5-9(10)7-8-12-11/h2-6,12H,7-8H2,1H3/b11-2+. The van der Waals surface area contributed by atoms with Crippen molar-refractivity contribution < 1.29 is 0 Å². The van der Waals surface area contributed by atoms with Crippen molar-refractivity contribution in [3.05, 3.63) is 41.5 Å². The first kappa shape index (κ1) is 7.41. The van der Waals surface area contributed by atoms with Gasteiger partial charge in [0.1, 0.15) is 0 Å². The molecule has 1 aromatic rings. The summed E-state index contributed by atoms with van der Waals surface area (Å²) in [6.07, 6.45) is 3.28. The van der Waals surface area contributed by atoms with E-state index in [9.17, 15) is 0 Å². The molecule has 0 unspecified atom stereocenters. The van der Waals surface area contributed by atoms with Gasteiger partial charge in [-0.1, -0.05) is 30.3 Å². The second kappa shape index (κ2) is 3.02. The van der Waals surface area contributed by atoms with Gasteiger partial charge in [-0.15, -0.1) is 0 Å². The molecule has 1 N–H and O–H groups in total. The molecule has 1 heterocycles. The molecule has 2 rings (SSSR count). The van der Waals surface area contributed by atoms with Crippen molar-refractivity contribution in [2.75, 3.05) is 6.54 Å². The summed E-state index contributed by atoms with van der Waals surface area (Å²) in [6.45, 7) is 3.14. The molecular weight excluding hydrogens is 146 g/mol. The smallest absolute Gasteiger partial charge is 0.0373 e. The Morgan fingerprint density at radius 1 is 1.33 bits per heavy atom. The fourth-order valence-corrected chi connectivity index (χ4v) is 1.69. The van der Waals surface area contributed by atoms with Crippen LogP contribution in [-0.4, -0.2) is 6.54 Å². The van der Waals surface area contributed by atoms with Crippen LogP contribution in [0.1, 0.15) is 18.1 Å². The van der Waals surface area contributed by atoms with Crippen molar-refractivity contribution in [2.45, 2.75) is 13.3 Å². The average Bonchev–Trinajstić information content (AvgIpc) is 2.17. The lowest BCUT2D eigenvalue weighted by Crippen LogP contribution is -2.22. The number of hydrogen-bond acceptors (Lipinski definition) is 1. The third-order valence-corrected chi connectivity index (χ3v) is 2.31. The molecule has 0 amide bonds. The lowest BCUT2D eigenvalue weighted by atomic mass is 9.98. The van der Waals surface area contributed by atoms with Crippen LogP contribution in [0, 0.1) is 0 Å². The van der Waals surface area contributed by atoms with Gasteiger partial charge < -0.3 is 5.32 Å². The van der Waals surface area contributed by atoms with E-state index in [-0.39, 0.29) is 0 Å². The number of benzene rings is 1. The van der Waals surface area contributed by atoms with Gasteiger partial charge in [0.25, 0.3) is 0 Å². The van der Waals surface area contributed by atoms with E-state index in [4.69, 9.17) is 0 Å². The van der Waals surface area contributed by atoms with Gasteiger partial charge >= 0.3 is 0 Å². The van der Waals surface area contributed by atoms with E-state index in [0.29, 0.717) is 0 Å². The minimum absolute atomic E-state index is 1.07. The molecule has 1 aromatic carbocycles. The highest BCUT2D eigenvalue weighted by Gasteiger charge is 2.10. The van der Waals surface area contributed by atoms with Crippen molar-refractivity contribution in [3.63, 3.8) is 0 Å². The van der Waals surface area contributed by atoms with E-state index in [1.807, 2.05) is 0 Å². The normalized spacial score (nSPS) is 18.6. The maximum absolute atomic E-state index is 3.39. The van der Waals surface area contributed by atoms with E-state index in [2.05, 4.69) is 42.6 Å². The lowest BCUT2D eigenvalue weighted by molar-refractivity contribution is 0.813. The molecule has 1 aliphatic heterocycles. The number of fused-ring (bicyclic) bond motifs is 1. The van der Waals surface area contributed by atoms with Gasteiger partial charge in [-0.25, -0.2) is 0 Å². The molecule has 0 atom stereocenters. The van der Waals surface area contributed by atoms with Gasteiger partial charge in [-0.2, -0.15) is 0 Å². The van der Waals surface area contributed by atoms with E-state index in [1.165, 1.54) is 16.8 Å². The fraction of sp³-hybridized carbons (Fsp3) is 0.273. The molecule has 12 heavy (non-hydrogen) atoms. The molecule has 0 aliphatic carbocycles. The van der Waals surface area contributed by atoms with E-state index < -0.39 is 0 Å². The van der Waals surface area contributed by atoms with Crippen molar-refractivity contribution in [1.29, 1.82) is 0 Å². The highest BCUT2D eigenvalue weighted by atomic mass is 14.9. The predicted molar refractivity (Wildman–Crippen MR) is 51.8 cm³/mol. The van der Waals surface area contributed by atoms with E-state index >= 15 is 0 Å². The second-order valence-corrected chi connectivity index (χ2v) is 3.04. The quantitative estimate of drug-likeness (QED) is 0.612. The van der Waals surface area contributed by atoms with Crippen LogP contribution >= 0.6 is 0 Å². The van der Waals surface area contributed by atoms with Gasteiger partial charge in [0, 0.05) is 17.8 Å². The zero-order valence-electron chi connectivity index (χ0n) is 7.30. The van der Waals surface area contributed by atoms with Gasteiger partial charge in [0.15, 0.2) is 0 Å². The molecule has 0 saturated heterocycles. The van der Waals surface area contributed by atoms with Crippen LogP contribution in [0.2, 0.25) is 0 Å². The summed E-state index contributed by atoms with van der Waals surface area (Å²) in [4.78, 5) is 0. The summed E-state index contributed by atoms with van der Waals surface area (Å²) in [7, 11) is 0. The summed E-state index contributed by atoms with van der Waals surface area (Å²) in [5.41, 5.74) is 4.10. The minimum Gasteiger partial charge on any atom is -0.384 e. The Labute approximate surface area is 73.1 Å². The molecule has 0 spiro atoms. The van der Waals surface area contributed by atoms with Crippen LogP contribution in [0.4, 0.5) is 0 Å². The molecule has 1 heteroatoms. The highest BCUT2D eigenvalue weighted by Crippen LogP contribution is 2.20. The number of hydrogen-bond donors (Lipinski definition) is 1. The summed E-state index contributed by atoms with van der Waals surface area (Å²) < 4.78 is 0. The first-order valence-corrected chi connectivity index (χ1v) is 4.40. The second-order valence-electron chi connectivity index (χ2n) is 3.04. The Kier molecular flexibility index (Phi) is 1.86. The van der Waals surface area contributed by atoms with E-state index in [0.717, 1.165) is 13.0 Å². The topological polar surface area (TPSA) is 12.0 Å². The average molecular weight is 159 g/mol. The Balaban J connectivity index is 2.51. The summed E-state index contributed by atoms with van der Waals surface area (Å²) >= 11 is 0. The highest BCUT2D eigenvalue weighted by molar-refractivity contribution is 5.68. The van der Waals surface area contributed by atoms with Gasteiger partial charge in [0.05, 0.1) is 0 Å².